The molecule has 55 heavy (non-hydrogen) atoms. The van der Waals surface area contributed by atoms with Crippen molar-refractivity contribution in [2.75, 3.05) is 0 Å². The molecule has 0 radical (unpaired) electrons. The Bertz CT molecular complexity index is 2230. The molecule has 278 valence electrons. The van der Waals surface area contributed by atoms with Crippen molar-refractivity contribution < 1.29 is 4.74 Å². The molecule has 0 spiro atoms. The zero-order chi connectivity index (χ0) is 38.9. The summed E-state index contributed by atoms with van der Waals surface area (Å²) >= 11 is 0. The van der Waals surface area contributed by atoms with Crippen LogP contribution < -0.4 is 4.74 Å². The minimum Gasteiger partial charge on any atom is -0.457 e. The van der Waals surface area contributed by atoms with E-state index in [-0.39, 0.29) is 0 Å². The summed E-state index contributed by atoms with van der Waals surface area (Å²) in [4.78, 5) is 10.1. The summed E-state index contributed by atoms with van der Waals surface area (Å²) in [6.07, 6.45) is 8.77. The normalized spacial score (nSPS) is 12.4. The molecule has 0 amide bonds. The van der Waals surface area contributed by atoms with Gasteiger partial charge in [-0.2, -0.15) is 0 Å². The molecule has 0 unspecified atom stereocenters. The van der Waals surface area contributed by atoms with E-state index in [1.54, 1.807) is 0 Å². The first kappa shape index (κ1) is 39.0. The second-order valence-corrected chi connectivity index (χ2v) is 15.5. The predicted molar refractivity (Wildman–Crippen MR) is 235 cm³/mol. The first-order valence-corrected chi connectivity index (χ1v) is 19.8. The highest BCUT2D eigenvalue weighted by atomic mass is 16.5. The summed E-state index contributed by atoms with van der Waals surface area (Å²) < 4.78 is 6.39. The zero-order valence-electron chi connectivity index (χ0n) is 33.7. The highest BCUT2D eigenvalue weighted by Crippen LogP contribution is 2.37. The van der Waals surface area contributed by atoms with Crippen molar-refractivity contribution in [3.05, 3.63) is 178 Å². The van der Waals surface area contributed by atoms with Crippen molar-refractivity contribution in [2.45, 2.75) is 91.9 Å². The van der Waals surface area contributed by atoms with E-state index in [4.69, 9.17) is 14.7 Å². The molecule has 0 bridgehead atoms. The predicted octanol–water partition coefficient (Wildman–Crippen LogP) is 15.1. The van der Waals surface area contributed by atoms with Crippen LogP contribution in [0.5, 0.6) is 11.5 Å². The van der Waals surface area contributed by atoms with Gasteiger partial charge in [0.2, 0.25) is 0 Å². The highest BCUT2D eigenvalue weighted by Gasteiger charge is 2.16. The number of ether oxygens (including phenoxy) is 1. The molecule has 5 aromatic carbocycles. The Kier molecular flexibility index (Phi) is 12.8. The van der Waals surface area contributed by atoms with Gasteiger partial charge in [0.1, 0.15) is 11.5 Å². The molecule has 0 fully saturated rings. The molecule has 0 saturated carbocycles. The fourth-order valence-corrected chi connectivity index (χ4v) is 7.02. The van der Waals surface area contributed by atoms with Crippen LogP contribution in [0, 0.1) is 0 Å². The second kappa shape index (κ2) is 18.1. The van der Waals surface area contributed by atoms with Crippen LogP contribution in [0.25, 0.3) is 11.1 Å². The van der Waals surface area contributed by atoms with E-state index in [0.717, 1.165) is 69.1 Å². The van der Waals surface area contributed by atoms with Gasteiger partial charge < -0.3 is 4.74 Å². The summed E-state index contributed by atoms with van der Waals surface area (Å²) in [5.41, 5.74) is 13.2. The molecular formula is C52H54N2O. The first-order valence-electron chi connectivity index (χ1n) is 19.8. The van der Waals surface area contributed by atoms with Gasteiger partial charge in [-0.3, -0.25) is 0 Å². The number of aliphatic imine (C=N–C) groups is 2. The Balaban J connectivity index is 1.31. The van der Waals surface area contributed by atoms with E-state index in [9.17, 15) is 0 Å². The standard InChI is InChI=1S/C52H54N2O/c1-35(2)45-21-15-22-46(36(3)4)51(45)53-33-49(39-17-11-9-12-18-39)41-25-29-43(30-26-41)55-44-31-27-42(28-32-44)50(40-19-13-10-14-20-40)34-54-52-47(37(5)6)23-16-24-48(52)38(7)8/h9,11-13,15-32,35-38H,10,14H2,1-8H3. The van der Waals surface area contributed by atoms with E-state index in [2.05, 4.69) is 170 Å². The molecule has 0 atom stereocenters. The lowest BCUT2D eigenvalue weighted by atomic mass is 9.92. The van der Waals surface area contributed by atoms with Crippen molar-refractivity contribution in [3.63, 3.8) is 0 Å². The first-order chi connectivity index (χ1) is 26.6. The number of hydrogen-bond acceptors (Lipinski definition) is 3. The average Bonchev–Trinajstić information content (AvgIpc) is 3.19. The Morgan fingerprint density at radius 1 is 0.473 bits per heavy atom. The number of nitrogens with zero attached hydrogens (tertiary/aromatic N) is 2. The van der Waals surface area contributed by atoms with Crippen molar-refractivity contribution in [1.29, 1.82) is 0 Å². The van der Waals surface area contributed by atoms with Gasteiger partial charge in [0.05, 0.1) is 22.5 Å². The van der Waals surface area contributed by atoms with E-state index in [1.165, 1.54) is 22.3 Å². The van der Waals surface area contributed by atoms with Gasteiger partial charge in [-0.25, -0.2) is 9.98 Å². The summed E-state index contributed by atoms with van der Waals surface area (Å²) in [6, 6.07) is 39.9. The van der Waals surface area contributed by atoms with Crippen molar-refractivity contribution in [2.24, 2.45) is 9.98 Å². The number of allylic oxidation sites excluding steroid dienone is 5. The van der Waals surface area contributed by atoms with Crippen LogP contribution in [-0.4, -0.2) is 11.7 Å². The number of rotatable bonds is 12. The third kappa shape index (κ3) is 9.51. The lowest BCUT2D eigenvalue weighted by Gasteiger charge is -2.16. The molecule has 1 aliphatic carbocycles. The molecule has 0 aliphatic heterocycles. The number of hydrogen-bond donors (Lipinski definition) is 0. The van der Waals surface area contributed by atoms with E-state index in [0.29, 0.717) is 23.7 Å². The van der Waals surface area contributed by atoms with Crippen molar-refractivity contribution in [1.82, 2.24) is 0 Å². The largest absolute Gasteiger partial charge is 0.457 e. The summed E-state index contributed by atoms with van der Waals surface area (Å²) in [7, 11) is 0. The number of para-hydroxylation sites is 2. The minimum absolute atomic E-state index is 0.354. The Morgan fingerprint density at radius 2 is 0.891 bits per heavy atom. The molecule has 1 aliphatic rings. The third-order valence-electron chi connectivity index (χ3n) is 10.1. The van der Waals surface area contributed by atoms with E-state index >= 15 is 0 Å². The summed E-state index contributed by atoms with van der Waals surface area (Å²) in [5.74, 6) is 9.96. The molecular weight excluding hydrogens is 669 g/mol. The van der Waals surface area contributed by atoms with Gasteiger partial charge in [-0.15, -0.1) is 0 Å². The van der Waals surface area contributed by atoms with E-state index < -0.39 is 0 Å². The van der Waals surface area contributed by atoms with Crippen LogP contribution in [0.3, 0.4) is 0 Å². The maximum Gasteiger partial charge on any atom is 0.127 e. The Labute approximate surface area is 329 Å². The topological polar surface area (TPSA) is 34.0 Å². The fraction of sp³-hybridized carbons (Fsp3) is 0.269. The fourth-order valence-electron chi connectivity index (χ4n) is 7.02. The zero-order valence-corrected chi connectivity index (χ0v) is 33.7. The lowest BCUT2D eigenvalue weighted by Crippen LogP contribution is -1.96. The monoisotopic (exact) mass is 722 g/mol. The molecule has 3 heteroatoms. The highest BCUT2D eigenvalue weighted by molar-refractivity contribution is 6.01. The van der Waals surface area contributed by atoms with Gasteiger partial charge in [0.15, 0.2) is 0 Å². The SMILES string of the molecule is CC(C)c1cccc(C(C)C)c1N=C=C(C1=CCCC=C1)c1ccc(Oc2ccc(C(=C=Nc3c(C(C)C)cccc3C(C)C)c3ccccc3)cc2)cc1. The molecule has 0 N–H and O–H groups in total. The van der Waals surface area contributed by atoms with Crippen molar-refractivity contribution >= 4 is 34.3 Å². The van der Waals surface area contributed by atoms with Gasteiger partial charge in [0, 0.05) is 0 Å². The van der Waals surface area contributed by atoms with Crippen LogP contribution in [0.15, 0.2) is 149 Å². The Hall–Kier alpha value is -5.72. The van der Waals surface area contributed by atoms with Crippen LogP contribution in [0.2, 0.25) is 0 Å². The van der Waals surface area contributed by atoms with Crippen molar-refractivity contribution in [3.8, 4) is 11.5 Å². The van der Waals surface area contributed by atoms with Gasteiger partial charge in [0.25, 0.3) is 0 Å². The quantitative estimate of drug-likeness (QED) is 0.118. The van der Waals surface area contributed by atoms with Crippen LogP contribution >= 0.6 is 0 Å². The molecule has 6 rings (SSSR count). The van der Waals surface area contributed by atoms with Crippen LogP contribution in [0.4, 0.5) is 11.4 Å². The Morgan fingerprint density at radius 3 is 1.31 bits per heavy atom. The van der Waals surface area contributed by atoms with E-state index in [1.807, 2.05) is 30.3 Å². The number of benzene rings is 5. The van der Waals surface area contributed by atoms with Gasteiger partial charge in [-0.1, -0.05) is 140 Å². The smallest absolute Gasteiger partial charge is 0.127 e. The summed E-state index contributed by atoms with van der Waals surface area (Å²) in [5, 5.41) is 0. The molecule has 0 aromatic heterocycles. The molecule has 0 heterocycles. The lowest BCUT2D eigenvalue weighted by molar-refractivity contribution is 0.482. The van der Waals surface area contributed by atoms with Gasteiger partial charge in [-0.05, 0) is 141 Å². The van der Waals surface area contributed by atoms with Crippen LogP contribution in [-0.2, 0) is 0 Å². The third-order valence-corrected chi connectivity index (χ3v) is 10.1. The summed E-state index contributed by atoms with van der Waals surface area (Å²) in [6.45, 7) is 17.8. The molecule has 5 aromatic rings. The second-order valence-electron chi connectivity index (χ2n) is 15.5. The maximum atomic E-state index is 6.39. The molecule has 0 saturated heterocycles. The maximum absolute atomic E-state index is 6.39. The van der Waals surface area contributed by atoms with Gasteiger partial charge >= 0.3 is 0 Å². The van der Waals surface area contributed by atoms with Crippen LogP contribution in [0.1, 0.15) is 131 Å². The average molecular weight is 723 g/mol. The molecule has 3 nitrogen and oxygen atoms in total. The minimum atomic E-state index is 0.354.